The van der Waals surface area contributed by atoms with Gasteiger partial charge in [-0.2, -0.15) is 0 Å². The molecule has 0 aliphatic heterocycles. The number of hydrogen-bond donors (Lipinski definition) is 1. The number of carbonyl (C=O) groups excluding carboxylic acids is 2. The normalized spacial score (nSPS) is 15.4. The minimum Gasteiger partial charge on any atom is -0.352 e. The van der Waals surface area contributed by atoms with Crippen molar-refractivity contribution in [1.29, 1.82) is 0 Å². The molecule has 30 heavy (non-hydrogen) atoms. The van der Waals surface area contributed by atoms with Crippen molar-refractivity contribution in [1.82, 2.24) is 10.2 Å². The molecule has 2 aromatic rings. The van der Waals surface area contributed by atoms with Gasteiger partial charge in [-0.15, -0.1) is 0 Å². The molecule has 1 saturated carbocycles. The summed E-state index contributed by atoms with van der Waals surface area (Å²) in [4.78, 5) is 27.8. The van der Waals surface area contributed by atoms with Crippen molar-refractivity contribution in [2.75, 3.05) is 0 Å². The highest BCUT2D eigenvalue weighted by Crippen LogP contribution is 2.20. The number of nitrogens with zero attached hydrogens (tertiary/aromatic N) is 1. The van der Waals surface area contributed by atoms with Gasteiger partial charge in [0, 0.05) is 22.6 Å². The first-order valence-electron chi connectivity index (χ1n) is 10.5. The van der Waals surface area contributed by atoms with Gasteiger partial charge in [0.25, 0.3) is 0 Å². The van der Waals surface area contributed by atoms with E-state index in [0.29, 0.717) is 16.6 Å². The van der Waals surface area contributed by atoms with Gasteiger partial charge in [0.05, 0.1) is 6.42 Å². The van der Waals surface area contributed by atoms with Gasteiger partial charge in [0.2, 0.25) is 11.8 Å². The standard InChI is InChI=1S/C24H28Cl2N2O2/c1-17(24(30)27-22-8-3-2-4-9-22)28(16-19-6-5-7-21(26)14-19)23(29)15-18-10-12-20(25)13-11-18/h5-7,10-14,17,22H,2-4,8-9,15-16H2,1H3,(H,27,30). The summed E-state index contributed by atoms with van der Waals surface area (Å²) < 4.78 is 0. The molecule has 0 spiro atoms. The lowest BCUT2D eigenvalue weighted by Crippen LogP contribution is -2.50. The molecule has 1 atom stereocenters. The van der Waals surface area contributed by atoms with Crippen molar-refractivity contribution in [3.8, 4) is 0 Å². The predicted octanol–water partition coefficient (Wildman–Crippen LogP) is 5.40. The van der Waals surface area contributed by atoms with E-state index in [4.69, 9.17) is 23.2 Å². The van der Waals surface area contributed by atoms with Crippen LogP contribution in [0, 0.1) is 0 Å². The van der Waals surface area contributed by atoms with Gasteiger partial charge >= 0.3 is 0 Å². The van der Waals surface area contributed by atoms with Gasteiger partial charge < -0.3 is 10.2 Å². The van der Waals surface area contributed by atoms with Gasteiger partial charge in [-0.05, 0) is 55.2 Å². The lowest BCUT2D eigenvalue weighted by molar-refractivity contribution is -0.140. The Labute approximate surface area is 188 Å². The van der Waals surface area contributed by atoms with E-state index in [1.807, 2.05) is 30.3 Å². The van der Waals surface area contributed by atoms with Crippen molar-refractivity contribution in [2.45, 2.75) is 64.1 Å². The molecular formula is C24H28Cl2N2O2. The first kappa shape index (κ1) is 22.6. The van der Waals surface area contributed by atoms with E-state index in [1.165, 1.54) is 6.42 Å². The maximum absolute atomic E-state index is 13.2. The highest BCUT2D eigenvalue weighted by Gasteiger charge is 2.28. The largest absolute Gasteiger partial charge is 0.352 e. The fourth-order valence-electron chi connectivity index (χ4n) is 3.86. The molecule has 0 aromatic heterocycles. The van der Waals surface area contributed by atoms with Crippen molar-refractivity contribution in [3.63, 3.8) is 0 Å². The molecule has 4 nitrogen and oxygen atoms in total. The Balaban J connectivity index is 1.75. The zero-order chi connectivity index (χ0) is 21.5. The second-order valence-electron chi connectivity index (χ2n) is 7.97. The lowest BCUT2D eigenvalue weighted by Gasteiger charge is -2.31. The van der Waals surface area contributed by atoms with E-state index in [-0.39, 0.29) is 24.3 Å². The number of halogens is 2. The van der Waals surface area contributed by atoms with Crippen molar-refractivity contribution in [2.24, 2.45) is 0 Å². The molecular weight excluding hydrogens is 419 g/mol. The second kappa shape index (κ2) is 10.8. The lowest BCUT2D eigenvalue weighted by atomic mass is 9.95. The molecule has 0 heterocycles. The molecule has 2 aromatic carbocycles. The van der Waals surface area contributed by atoms with Crippen LogP contribution in [0.15, 0.2) is 48.5 Å². The number of benzene rings is 2. The summed E-state index contributed by atoms with van der Waals surface area (Å²) in [6.45, 7) is 2.12. The summed E-state index contributed by atoms with van der Waals surface area (Å²) in [6.07, 6.45) is 5.72. The van der Waals surface area contributed by atoms with Crippen molar-refractivity contribution >= 4 is 35.0 Å². The van der Waals surface area contributed by atoms with Crippen LogP contribution in [0.25, 0.3) is 0 Å². The van der Waals surface area contributed by atoms with E-state index in [2.05, 4.69) is 5.32 Å². The second-order valence-corrected chi connectivity index (χ2v) is 8.85. The Hall–Kier alpha value is -2.04. The highest BCUT2D eigenvalue weighted by molar-refractivity contribution is 6.30. The minimum absolute atomic E-state index is 0.103. The molecule has 1 N–H and O–H groups in total. The number of nitrogens with one attached hydrogen (secondary N) is 1. The molecule has 1 aliphatic carbocycles. The zero-order valence-electron chi connectivity index (χ0n) is 17.2. The fraction of sp³-hybridized carbons (Fsp3) is 0.417. The van der Waals surface area contributed by atoms with E-state index >= 15 is 0 Å². The summed E-state index contributed by atoms with van der Waals surface area (Å²) in [5, 5.41) is 4.38. The Kier molecular flexibility index (Phi) is 8.17. The average molecular weight is 447 g/mol. The smallest absolute Gasteiger partial charge is 0.242 e. The molecule has 0 radical (unpaired) electrons. The summed E-state index contributed by atoms with van der Waals surface area (Å²) >= 11 is 12.1. The summed E-state index contributed by atoms with van der Waals surface area (Å²) in [7, 11) is 0. The van der Waals surface area contributed by atoms with Crippen LogP contribution in [0.2, 0.25) is 10.0 Å². The van der Waals surface area contributed by atoms with Crippen LogP contribution in [-0.4, -0.2) is 28.8 Å². The Morgan fingerprint density at radius 3 is 2.37 bits per heavy atom. The predicted molar refractivity (Wildman–Crippen MR) is 122 cm³/mol. The van der Waals surface area contributed by atoms with Gasteiger partial charge in [-0.1, -0.05) is 66.7 Å². The number of amides is 2. The first-order valence-corrected chi connectivity index (χ1v) is 11.3. The number of carbonyl (C=O) groups is 2. The van der Waals surface area contributed by atoms with E-state index in [1.54, 1.807) is 30.0 Å². The summed E-state index contributed by atoms with van der Waals surface area (Å²) in [5.41, 5.74) is 1.75. The van der Waals surface area contributed by atoms with Crippen LogP contribution < -0.4 is 5.32 Å². The summed E-state index contributed by atoms with van der Waals surface area (Å²) in [5.74, 6) is -0.211. The fourth-order valence-corrected chi connectivity index (χ4v) is 4.20. The van der Waals surface area contributed by atoms with Gasteiger partial charge in [0.1, 0.15) is 6.04 Å². The van der Waals surface area contributed by atoms with Crippen molar-refractivity contribution in [3.05, 3.63) is 69.7 Å². The van der Waals surface area contributed by atoms with Crippen molar-refractivity contribution < 1.29 is 9.59 Å². The minimum atomic E-state index is -0.578. The molecule has 2 amide bonds. The van der Waals surface area contributed by atoms with E-state index < -0.39 is 6.04 Å². The van der Waals surface area contributed by atoms with Gasteiger partial charge in [-0.3, -0.25) is 9.59 Å². The molecule has 6 heteroatoms. The van der Waals surface area contributed by atoms with Crippen LogP contribution in [-0.2, 0) is 22.6 Å². The van der Waals surface area contributed by atoms with Crippen LogP contribution in [0.4, 0.5) is 0 Å². The third-order valence-corrected chi connectivity index (χ3v) is 6.12. The molecule has 160 valence electrons. The van der Waals surface area contributed by atoms with Crippen LogP contribution in [0.5, 0.6) is 0 Å². The number of hydrogen-bond acceptors (Lipinski definition) is 2. The molecule has 3 rings (SSSR count). The summed E-state index contributed by atoms with van der Waals surface area (Å²) in [6, 6.07) is 14.2. The third-order valence-electron chi connectivity index (χ3n) is 5.63. The van der Waals surface area contributed by atoms with Crippen LogP contribution in [0.1, 0.15) is 50.2 Å². The first-order chi connectivity index (χ1) is 14.4. The molecule has 1 unspecified atom stereocenters. The monoisotopic (exact) mass is 446 g/mol. The quantitative estimate of drug-likeness (QED) is 0.618. The highest BCUT2D eigenvalue weighted by atomic mass is 35.5. The number of rotatable bonds is 7. The Morgan fingerprint density at radius 2 is 1.70 bits per heavy atom. The van der Waals surface area contributed by atoms with Gasteiger partial charge in [0.15, 0.2) is 0 Å². The van der Waals surface area contributed by atoms with Gasteiger partial charge in [-0.25, -0.2) is 0 Å². The molecule has 1 fully saturated rings. The van der Waals surface area contributed by atoms with E-state index in [0.717, 1.165) is 36.8 Å². The Morgan fingerprint density at radius 1 is 1.00 bits per heavy atom. The average Bonchev–Trinajstić information content (AvgIpc) is 2.74. The van der Waals surface area contributed by atoms with Crippen LogP contribution in [0.3, 0.4) is 0 Å². The Bertz CT molecular complexity index is 864. The van der Waals surface area contributed by atoms with Crippen LogP contribution >= 0.6 is 23.2 Å². The topological polar surface area (TPSA) is 49.4 Å². The SMILES string of the molecule is CC(C(=O)NC1CCCCC1)N(Cc1cccc(Cl)c1)C(=O)Cc1ccc(Cl)cc1. The third kappa shape index (κ3) is 6.48. The zero-order valence-corrected chi connectivity index (χ0v) is 18.8. The molecule has 0 bridgehead atoms. The molecule has 0 saturated heterocycles. The van der Waals surface area contributed by atoms with E-state index in [9.17, 15) is 9.59 Å². The maximum Gasteiger partial charge on any atom is 0.242 e. The molecule has 1 aliphatic rings. The maximum atomic E-state index is 13.2.